The number of hydrogen-bond donors (Lipinski definition) is 3. The van der Waals surface area contributed by atoms with Crippen LogP contribution < -0.4 is 4.90 Å². The molecule has 2 fully saturated rings. The third-order valence-electron chi connectivity index (χ3n) is 5.16. The number of benzene rings is 1. The molecule has 0 saturated carbocycles. The lowest BCUT2D eigenvalue weighted by atomic mass is 10.00. The van der Waals surface area contributed by atoms with Gasteiger partial charge in [-0.1, -0.05) is 6.07 Å². The van der Waals surface area contributed by atoms with Gasteiger partial charge >= 0.3 is 0 Å². The summed E-state index contributed by atoms with van der Waals surface area (Å²) in [5, 5.41) is 29.4. The number of piperidine rings is 1. The Labute approximate surface area is 145 Å². The van der Waals surface area contributed by atoms with Gasteiger partial charge in [0.25, 0.3) is 0 Å². The monoisotopic (exact) mass is 349 g/mol. The SMILES string of the molecule is OC1CN(C[C@H]2CCN(c3cccc4scnc34)C2)CC(O)C1O. The quantitative estimate of drug-likeness (QED) is 0.750. The third kappa shape index (κ3) is 3.02. The van der Waals surface area contributed by atoms with Crippen LogP contribution in [-0.4, -0.2) is 76.2 Å². The summed E-state index contributed by atoms with van der Waals surface area (Å²) in [6, 6.07) is 6.32. The Balaban J connectivity index is 1.41. The Hall–Kier alpha value is -1.25. The summed E-state index contributed by atoms with van der Waals surface area (Å²) in [7, 11) is 0. The minimum atomic E-state index is -1.02. The van der Waals surface area contributed by atoms with Gasteiger partial charge in [-0.3, -0.25) is 4.90 Å². The molecule has 1 aromatic carbocycles. The molecule has 0 amide bonds. The summed E-state index contributed by atoms with van der Waals surface area (Å²) >= 11 is 1.66. The molecule has 4 rings (SSSR count). The summed E-state index contributed by atoms with van der Waals surface area (Å²) in [6.07, 6.45) is -1.67. The average molecular weight is 349 g/mol. The maximum Gasteiger partial charge on any atom is 0.108 e. The number of anilines is 1. The summed E-state index contributed by atoms with van der Waals surface area (Å²) in [6.45, 7) is 3.65. The first kappa shape index (κ1) is 16.2. The number of aromatic nitrogens is 1. The van der Waals surface area contributed by atoms with E-state index in [0.29, 0.717) is 19.0 Å². The van der Waals surface area contributed by atoms with Crippen LogP contribution in [0.2, 0.25) is 0 Å². The summed E-state index contributed by atoms with van der Waals surface area (Å²) in [4.78, 5) is 8.96. The van der Waals surface area contributed by atoms with Gasteiger partial charge in [-0.15, -0.1) is 11.3 Å². The molecule has 7 heteroatoms. The second kappa shape index (κ2) is 6.57. The van der Waals surface area contributed by atoms with Crippen molar-refractivity contribution >= 4 is 27.2 Å². The van der Waals surface area contributed by atoms with Crippen LogP contribution in [0.5, 0.6) is 0 Å². The van der Waals surface area contributed by atoms with Crippen LogP contribution in [-0.2, 0) is 0 Å². The first-order valence-electron chi connectivity index (χ1n) is 8.45. The molecular weight excluding hydrogens is 326 g/mol. The standard InChI is InChI=1S/C17H23N3O3S/c21-13-8-19(9-14(22)17(13)23)6-11-4-5-20(7-11)12-2-1-3-15-16(12)18-10-24-15/h1-3,10-11,13-14,17,21-23H,4-9H2/t11-,13?,14?,17?/m1/s1. The van der Waals surface area contributed by atoms with E-state index in [1.165, 1.54) is 10.4 Å². The highest BCUT2D eigenvalue weighted by molar-refractivity contribution is 7.16. The average Bonchev–Trinajstić information content (AvgIpc) is 3.21. The fourth-order valence-corrected chi connectivity index (χ4v) is 4.62. The number of nitrogens with zero attached hydrogens (tertiary/aromatic N) is 3. The number of fused-ring (bicyclic) bond motifs is 1. The van der Waals surface area contributed by atoms with Crippen molar-refractivity contribution in [2.24, 2.45) is 5.92 Å². The first-order chi connectivity index (χ1) is 11.6. The van der Waals surface area contributed by atoms with Crippen LogP contribution in [0.25, 0.3) is 10.2 Å². The molecule has 2 saturated heterocycles. The van der Waals surface area contributed by atoms with E-state index in [1.54, 1.807) is 11.3 Å². The van der Waals surface area contributed by atoms with Gasteiger partial charge in [0.2, 0.25) is 0 Å². The molecule has 0 bridgehead atoms. The molecule has 3 atom stereocenters. The van der Waals surface area contributed by atoms with Gasteiger partial charge in [-0.2, -0.15) is 0 Å². The molecule has 0 spiro atoms. The van der Waals surface area contributed by atoms with Crippen LogP contribution >= 0.6 is 11.3 Å². The zero-order valence-electron chi connectivity index (χ0n) is 13.5. The largest absolute Gasteiger partial charge is 0.389 e. The van der Waals surface area contributed by atoms with Crippen molar-refractivity contribution in [1.82, 2.24) is 9.88 Å². The van der Waals surface area contributed by atoms with Crippen LogP contribution in [0, 0.1) is 5.92 Å². The zero-order valence-corrected chi connectivity index (χ0v) is 14.3. The number of aliphatic hydroxyl groups excluding tert-OH is 3. The summed E-state index contributed by atoms with van der Waals surface area (Å²) in [5.74, 6) is 0.494. The Morgan fingerprint density at radius 1 is 1.12 bits per heavy atom. The highest BCUT2D eigenvalue weighted by atomic mass is 32.1. The van der Waals surface area contributed by atoms with Gasteiger partial charge in [-0.25, -0.2) is 4.98 Å². The van der Waals surface area contributed by atoms with Crippen molar-refractivity contribution in [3.05, 3.63) is 23.7 Å². The van der Waals surface area contributed by atoms with Gasteiger partial charge in [0.15, 0.2) is 0 Å². The van der Waals surface area contributed by atoms with E-state index in [0.717, 1.165) is 31.6 Å². The second-order valence-corrected chi connectivity index (χ2v) is 7.81. The predicted molar refractivity (Wildman–Crippen MR) is 94.4 cm³/mol. The van der Waals surface area contributed by atoms with Crippen molar-refractivity contribution in [3.8, 4) is 0 Å². The van der Waals surface area contributed by atoms with Gasteiger partial charge in [0, 0.05) is 32.7 Å². The molecule has 3 heterocycles. The maximum absolute atomic E-state index is 9.85. The molecular formula is C17H23N3O3S. The van der Waals surface area contributed by atoms with Crippen LogP contribution in [0.15, 0.2) is 23.7 Å². The minimum absolute atomic E-state index is 0.427. The molecule has 24 heavy (non-hydrogen) atoms. The van der Waals surface area contributed by atoms with Gasteiger partial charge in [0.05, 0.1) is 28.1 Å². The number of para-hydroxylation sites is 1. The number of thiazole rings is 1. The van der Waals surface area contributed by atoms with Crippen LogP contribution in [0.3, 0.4) is 0 Å². The molecule has 2 aliphatic heterocycles. The second-order valence-electron chi connectivity index (χ2n) is 6.92. The van der Waals surface area contributed by atoms with E-state index < -0.39 is 18.3 Å². The Morgan fingerprint density at radius 2 is 1.92 bits per heavy atom. The molecule has 0 aliphatic carbocycles. The lowest BCUT2D eigenvalue weighted by molar-refractivity contribution is -0.111. The van der Waals surface area contributed by atoms with Crippen molar-refractivity contribution < 1.29 is 15.3 Å². The van der Waals surface area contributed by atoms with Crippen molar-refractivity contribution in [1.29, 1.82) is 0 Å². The van der Waals surface area contributed by atoms with E-state index in [4.69, 9.17) is 0 Å². The first-order valence-corrected chi connectivity index (χ1v) is 9.33. The highest BCUT2D eigenvalue weighted by Crippen LogP contribution is 2.32. The number of likely N-dealkylation sites (tertiary alicyclic amines) is 1. The van der Waals surface area contributed by atoms with Crippen molar-refractivity contribution in [2.75, 3.05) is 37.6 Å². The van der Waals surface area contributed by atoms with E-state index in [9.17, 15) is 15.3 Å². The van der Waals surface area contributed by atoms with E-state index in [2.05, 4.69) is 33.0 Å². The Kier molecular flexibility index (Phi) is 4.44. The number of aliphatic hydroxyl groups is 3. The maximum atomic E-state index is 9.85. The lowest BCUT2D eigenvalue weighted by Crippen LogP contribution is -2.56. The molecule has 2 aromatic rings. The topological polar surface area (TPSA) is 80.1 Å². The molecule has 1 aromatic heterocycles. The smallest absolute Gasteiger partial charge is 0.108 e. The molecule has 3 N–H and O–H groups in total. The van der Waals surface area contributed by atoms with Gasteiger partial charge in [0.1, 0.15) is 11.6 Å². The van der Waals surface area contributed by atoms with E-state index in [1.807, 2.05) is 5.51 Å². The molecule has 0 radical (unpaired) electrons. The lowest BCUT2D eigenvalue weighted by Gasteiger charge is -2.38. The normalized spacial score (nSPS) is 31.9. The molecule has 130 valence electrons. The molecule has 2 aliphatic rings. The summed E-state index contributed by atoms with van der Waals surface area (Å²) < 4.78 is 1.22. The number of β-amino-alcohol motifs (C(OH)–C–C–N with tert-alkyl or cyclic N) is 2. The fourth-order valence-electron chi connectivity index (χ4n) is 3.92. The van der Waals surface area contributed by atoms with Crippen LogP contribution in [0.4, 0.5) is 5.69 Å². The molecule has 2 unspecified atom stereocenters. The van der Waals surface area contributed by atoms with E-state index >= 15 is 0 Å². The van der Waals surface area contributed by atoms with Crippen molar-refractivity contribution in [3.63, 3.8) is 0 Å². The highest BCUT2D eigenvalue weighted by Gasteiger charge is 2.35. The van der Waals surface area contributed by atoms with Gasteiger partial charge < -0.3 is 20.2 Å². The zero-order chi connectivity index (χ0) is 16.7. The van der Waals surface area contributed by atoms with Crippen molar-refractivity contribution in [2.45, 2.75) is 24.7 Å². The summed E-state index contributed by atoms with van der Waals surface area (Å²) in [5.41, 5.74) is 4.17. The van der Waals surface area contributed by atoms with Crippen LogP contribution in [0.1, 0.15) is 6.42 Å². The Bertz CT molecular complexity index is 697. The minimum Gasteiger partial charge on any atom is -0.389 e. The van der Waals surface area contributed by atoms with Gasteiger partial charge in [-0.05, 0) is 24.5 Å². The van der Waals surface area contributed by atoms with E-state index in [-0.39, 0.29) is 0 Å². The Morgan fingerprint density at radius 3 is 2.71 bits per heavy atom. The third-order valence-corrected chi connectivity index (χ3v) is 5.96. The molecule has 6 nitrogen and oxygen atoms in total. The fraction of sp³-hybridized carbons (Fsp3) is 0.588. The number of rotatable bonds is 3. The predicted octanol–water partition coefficient (Wildman–Crippen LogP) is 0.521. The number of hydrogen-bond acceptors (Lipinski definition) is 7.